The van der Waals surface area contributed by atoms with Gasteiger partial charge in [0.05, 0.1) is 5.56 Å². The van der Waals surface area contributed by atoms with Gasteiger partial charge in [-0.2, -0.15) is 0 Å². The van der Waals surface area contributed by atoms with Crippen LogP contribution in [0.25, 0.3) is 10.9 Å². The van der Waals surface area contributed by atoms with Gasteiger partial charge in [-0.15, -0.1) is 0 Å². The van der Waals surface area contributed by atoms with Crippen molar-refractivity contribution in [2.45, 2.75) is 6.54 Å². The average Bonchev–Trinajstić information content (AvgIpc) is 2.99. The number of hydrogen-bond donors (Lipinski definition) is 0. The first-order valence-corrected chi connectivity index (χ1v) is 8.56. The molecule has 25 heavy (non-hydrogen) atoms. The summed E-state index contributed by atoms with van der Waals surface area (Å²) in [5, 5.41) is 1.63. The van der Waals surface area contributed by atoms with Crippen LogP contribution in [0.4, 0.5) is 0 Å². The molecule has 0 atom stereocenters. The molecule has 5 heteroatoms. The second-order valence-corrected chi connectivity index (χ2v) is 6.68. The van der Waals surface area contributed by atoms with E-state index in [4.69, 9.17) is 16.3 Å². The van der Waals surface area contributed by atoms with Crippen LogP contribution in [0.1, 0.15) is 15.9 Å². The van der Waals surface area contributed by atoms with Crippen LogP contribution in [0.2, 0.25) is 5.02 Å². The van der Waals surface area contributed by atoms with Gasteiger partial charge in [-0.25, -0.2) is 4.79 Å². The molecule has 0 aliphatic rings. The largest absolute Gasteiger partial charge is 0.461 e. The number of likely N-dealkylation sites (N-methyl/N-ethyl adjacent to an activating group) is 1. The fourth-order valence-corrected chi connectivity index (χ4v) is 2.85. The zero-order valence-corrected chi connectivity index (χ0v) is 15.2. The predicted octanol–water partition coefficient (Wildman–Crippen LogP) is 4.06. The first-order chi connectivity index (χ1) is 12.0. The summed E-state index contributed by atoms with van der Waals surface area (Å²) >= 11 is 5.94. The van der Waals surface area contributed by atoms with Gasteiger partial charge in [0, 0.05) is 35.2 Å². The molecule has 0 aliphatic carbocycles. The average molecular weight is 357 g/mol. The molecule has 0 spiro atoms. The van der Waals surface area contributed by atoms with Crippen molar-refractivity contribution in [1.29, 1.82) is 0 Å². The van der Waals surface area contributed by atoms with E-state index >= 15 is 0 Å². The standard InChI is InChI=1S/C20H21ClN2O2/c1-22(2)12-13-25-20(24)18-4-3-5-19-17(18)10-11-23(19)14-15-6-8-16(21)9-7-15/h3-11H,12-14H2,1-2H3. The minimum absolute atomic E-state index is 0.281. The molecule has 1 heterocycles. The SMILES string of the molecule is CN(C)CCOC(=O)c1cccc2c1ccn2Cc1ccc(Cl)cc1. The molecule has 3 rings (SSSR count). The van der Waals surface area contributed by atoms with Crippen LogP contribution < -0.4 is 0 Å². The maximum absolute atomic E-state index is 12.4. The first kappa shape index (κ1) is 17.5. The molecule has 0 saturated carbocycles. The normalized spacial score (nSPS) is 11.2. The Balaban J connectivity index is 1.82. The van der Waals surface area contributed by atoms with Gasteiger partial charge in [0.25, 0.3) is 0 Å². The maximum Gasteiger partial charge on any atom is 0.338 e. The van der Waals surface area contributed by atoms with E-state index in [0.717, 1.165) is 28.0 Å². The molecule has 4 nitrogen and oxygen atoms in total. The fourth-order valence-electron chi connectivity index (χ4n) is 2.72. The highest BCUT2D eigenvalue weighted by atomic mass is 35.5. The summed E-state index contributed by atoms with van der Waals surface area (Å²) in [4.78, 5) is 14.4. The molecule has 3 aromatic rings. The van der Waals surface area contributed by atoms with Crippen molar-refractivity contribution in [3.8, 4) is 0 Å². The number of carbonyl (C=O) groups excluding carboxylic acids is 1. The monoisotopic (exact) mass is 356 g/mol. The van der Waals surface area contributed by atoms with Gasteiger partial charge in [0.2, 0.25) is 0 Å². The van der Waals surface area contributed by atoms with Crippen LogP contribution in [-0.2, 0) is 11.3 Å². The Kier molecular flexibility index (Phi) is 5.41. The van der Waals surface area contributed by atoms with E-state index in [1.165, 1.54) is 0 Å². The number of hydrogen-bond acceptors (Lipinski definition) is 3. The lowest BCUT2D eigenvalue weighted by atomic mass is 10.1. The number of benzene rings is 2. The number of rotatable bonds is 6. The number of fused-ring (bicyclic) bond motifs is 1. The molecule has 0 aliphatic heterocycles. The molecule has 0 amide bonds. The number of ether oxygens (including phenoxy) is 1. The molecule has 0 radical (unpaired) electrons. The Morgan fingerprint density at radius 1 is 1.12 bits per heavy atom. The summed E-state index contributed by atoms with van der Waals surface area (Å²) in [7, 11) is 3.90. The van der Waals surface area contributed by atoms with Crippen LogP contribution in [0.15, 0.2) is 54.7 Å². The van der Waals surface area contributed by atoms with Crippen LogP contribution in [-0.4, -0.2) is 42.7 Å². The molecule has 0 unspecified atom stereocenters. The van der Waals surface area contributed by atoms with Crippen molar-refractivity contribution in [2.24, 2.45) is 0 Å². The summed E-state index contributed by atoms with van der Waals surface area (Å²) in [5.74, 6) is -0.281. The molecule has 2 aromatic carbocycles. The maximum atomic E-state index is 12.4. The number of carbonyl (C=O) groups is 1. The van der Waals surface area contributed by atoms with Crippen molar-refractivity contribution in [3.63, 3.8) is 0 Å². The Morgan fingerprint density at radius 2 is 1.88 bits per heavy atom. The van der Waals surface area contributed by atoms with E-state index in [0.29, 0.717) is 18.7 Å². The minimum atomic E-state index is -0.281. The molecular formula is C20H21ClN2O2. The highest BCUT2D eigenvalue weighted by Crippen LogP contribution is 2.22. The summed E-state index contributed by atoms with van der Waals surface area (Å²) in [5.41, 5.74) is 2.77. The minimum Gasteiger partial charge on any atom is -0.461 e. The third kappa shape index (κ3) is 4.21. The predicted molar refractivity (Wildman–Crippen MR) is 101 cm³/mol. The molecule has 1 aromatic heterocycles. The Labute approximate surface area is 152 Å². The molecule has 130 valence electrons. The number of aromatic nitrogens is 1. The lowest BCUT2D eigenvalue weighted by Gasteiger charge is -2.11. The van der Waals surface area contributed by atoms with Gasteiger partial charge in [-0.3, -0.25) is 0 Å². The van der Waals surface area contributed by atoms with Gasteiger partial charge in [0.1, 0.15) is 6.61 Å². The third-order valence-corrected chi connectivity index (χ3v) is 4.32. The zero-order valence-electron chi connectivity index (χ0n) is 14.4. The van der Waals surface area contributed by atoms with Crippen molar-refractivity contribution in [2.75, 3.05) is 27.2 Å². The van der Waals surface area contributed by atoms with Gasteiger partial charge in [0.15, 0.2) is 0 Å². The second kappa shape index (κ2) is 7.72. The van der Waals surface area contributed by atoms with Crippen LogP contribution in [0.3, 0.4) is 0 Å². The lowest BCUT2D eigenvalue weighted by Crippen LogP contribution is -2.20. The van der Waals surface area contributed by atoms with Crippen molar-refractivity contribution >= 4 is 28.5 Å². The van der Waals surface area contributed by atoms with E-state index in [2.05, 4.69) is 4.57 Å². The summed E-state index contributed by atoms with van der Waals surface area (Å²) in [6, 6.07) is 15.5. The van der Waals surface area contributed by atoms with Crippen molar-refractivity contribution in [3.05, 3.63) is 70.9 Å². The van der Waals surface area contributed by atoms with Crippen LogP contribution in [0.5, 0.6) is 0 Å². The van der Waals surface area contributed by atoms with Gasteiger partial charge >= 0.3 is 5.97 Å². The van der Waals surface area contributed by atoms with E-state index in [9.17, 15) is 4.79 Å². The highest BCUT2D eigenvalue weighted by Gasteiger charge is 2.13. The molecule has 0 saturated heterocycles. The summed E-state index contributed by atoms with van der Waals surface area (Å²) in [6.45, 7) is 1.81. The molecule has 0 N–H and O–H groups in total. The first-order valence-electron chi connectivity index (χ1n) is 8.19. The van der Waals surface area contributed by atoms with Gasteiger partial charge in [-0.1, -0.05) is 29.8 Å². The number of esters is 1. The zero-order chi connectivity index (χ0) is 17.8. The van der Waals surface area contributed by atoms with E-state index in [-0.39, 0.29) is 5.97 Å². The lowest BCUT2D eigenvalue weighted by molar-refractivity contribution is 0.0484. The van der Waals surface area contributed by atoms with E-state index in [1.54, 1.807) is 0 Å². The second-order valence-electron chi connectivity index (χ2n) is 6.25. The van der Waals surface area contributed by atoms with Crippen molar-refractivity contribution < 1.29 is 9.53 Å². The van der Waals surface area contributed by atoms with Crippen LogP contribution in [0, 0.1) is 0 Å². The van der Waals surface area contributed by atoms with Crippen LogP contribution >= 0.6 is 11.6 Å². The topological polar surface area (TPSA) is 34.5 Å². The third-order valence-electron chi connectivity index (χ3n) is 4.07. The fraction of sp³-hybridized carbons (Fsp3) is 0.250. The van der Waals surface area contributed by atoms with Crippen molar-refractivity contribution in [1.82, 2.24) is 9.47 Å². The highest BCUT2D eigenvalue weighted by molar-refractivity contribution is 6.30. The van der Waals surface area contributed by atoms with E-state index < -0.39 is 0 Å². The van der Waals surface area contributed by atoms with Gasteiger partial charge < -0.3 is 14.2 Å². The summed E-state index contributed by atoms with van der Waals surface area (Å²) in [6.07, 6.45) is 2.00. The Hall–Kier alpha value is -2.30. The van der Waals surface area contributed by atoms with E-state index in [1.807, 2.05) is 73.7 Å². The molecular weight excluding hydrogens is 336 g/mol. The molecule has 0 fully saturated rings. The Morgan fingerprint density at radius 3 is 2.60 bits per heavy atom. The molecule has 0 bridgehead atoms. The Bertz CT molecular complexity index is 869. The summed E-state index contributed by atoms with van der Waals surface area (Å²) < 4.78 is 7.50. The number of halogens is 1. The smallest absolute Gasteiger partial charge is 0.338 e. The quantitative estimate of drug-likeness (QED) is 0.625. The van der Waals surface area contributed by atoms with Gasteiger partial charge in [-0.05, 0) is 50.0 Å². The number of nitrogens with zero attached hydrogens (tertiary/aromatic N) is 2.